The number of phenols is 1. The summed E-state index contributed by atoms with van der Waals surface area (Å²) in [5, 5.41) is 11.5. The third-order valence-corrected chi connectivity index (χ3v) is 2.00. The van der Waals surface area contributed by atoms with Crippen molar-refractivity contribution in [1.82, 2.24) is 5.32 Å². The van der Waals surface area contributed by atoms with Gasteiger partial charge in [-0.15, -0.1) is 0 Å². The van der Waals surface area contributed by atoms with Gasteiger partial charge in [0.05, 0.1) is 12.2 Å². The molecule has 1 rings (SSSR count). The minimum atomic E-state index is -4.42. The predicted molar refractivity (Wildman–Crippen MR) is 57.3 cm³/mol. The molecule has 0 aliphatic rings. The van der Waals surface area contributed by atoms with Crippen molar-refractivity contribution in [3.05, 3.63) is 29.6 Å². The molecule has 0 fully saturated rings. The number of carbonyl (C=O) groups is 1. The Morgan fingerprint density at radius 2 is 2.05 bits per heavy atom. The molecular weight excluding hydrogens is 270 g/mol. The molecule has 1 amide bonds. The van der Waals surface area contributed by atoms with Gasteiger partial charge in [-0.05, 0) is 12.1 Å². The van der Waals surface area contributed by atoms with E-state index in [9.17, 15) is 27.5 Å². The first-order chi connectivity index (χ1) is 8.79. The summed E-state index contributed by atoms with van der Waals surface area (Å²) in [5.41, 5.74) is -0.169. The lowest BCUT2D eigenvalue weighted by Crippen LogP contribution is -2.28. The summed E-state index contributed by atoms with van der Waals surface area (Å²) in [4.78, 5) is 11.5. The first-order valence-electron chi connectivity index (χ1n) is 5.21. The van der Waals surface area contributed by atoms with Crippen molar-refractivity contribution in [3.63, 3.8) is 0 Å². The number of aromatic hydroxyl groups is 1. The van der Waals surface area contributed by atoms with Crippen LogP contribution in [0.5, 0.6) is 5.75 Å². The van der Waals surface area contributed by atoms with E-state index in [4.69, 9.17) is 0 Å². The van der Waals surface area contributed by atoms with Crippen LogP contribution in [0, 0.1) is 5.82 Å². The van der Waals surface area contributed by atoms with Crippen molar-refractivity contribution in [2.24, 2.45) is 0 Å². The summed E-state index contributed by atoms with van der Waals surface area (Å²) in [6.07, 6.45) is -4.42. The number of hydrogen-bond donors (Lipinski definition) is 2. The molecule has 0 aliphatic carbocycles. The van der Waals surface area contributed by atoms with Gasteiger partial charge >= 0.3 is 6.18 Å². The van der Waals surface area contributed by atoms with Crippen molar-refractivity contribution in [2.75, 3.05) is 19.8 Å². The summed E-state index contributed by atoms with van der Waals surface area (Å²) < 4.78 is 52.1. The zero-order valence-corrected chi connectivity index (χ0v) is 9.63. The maximum absolute atomic E-state index is 12.7. The number of ether oxygens (including phenoxy) is 1. The SMILES string of the molecule is O=C(NCCOCC(F)(F)F)c1ccc(F)cc1O. The molecule has 0 saturated heterocycles. The number of rotatable bonds is 5. The van der Waals surface area contributed by atoms with Crippen molar-refractivity contribution < 1.29 is 32.2 Å². The minimum absolute atomic E-state index is 0.161. The highest BCUT2D eigenvalue weighted by Crippen LogP contribution is 2.17. The third kappa shape index (κ3) is 5.56. The van der Waals surface area contributed by atoms with Crippen LogP contribution in [0.4, 0.5) is 17.6 Å². The Morgan fingerprint density at radius 1 is 1.37 bits per heavy atom. The van der Waals surface area contributed by atoms with Crippen LogP contribution < -0.4 is 5.32 Å². The molecule has 0 saturated carbocycles. The average molecular weight is 281 g/mol. The first-order valence-corrected chi connectivity index (χ1v) is 5.21. The van der Waals surface area contributed by atoms with Gasteiger partial charge in [0, 0.05) is 12.6 Å². The fourth-order valence-electron chi connectivity index (χ4n) is 1.22. The highest BCUT2D eigenvalue weighted by atomic mass is 19.4. The van der Waals surface area contributed by atoms with Gasteiger partial charge in [0.1, 0.15) is 18.2 Å². The highest BCUT2D eigenvalue weighted by Gasteiger charge is 2.27. The second-order valence-electron chi connectivity index (χ2n) is 3.59. The number of nitrogens with one attached hydrogen (secondary N) is 1. The molecule has 1 aromatic rings. The molecule has 1 aromatic carbocycles. The highest BCUT2D eigenvalue weighted by molar-refractivity contribution is 5.96. The van der Waals surface area contributed by atoms with Crippen LogP contribution in [0.25, 0.3) is 0 Å². The second-order valence-corrected chi connectivity index (χ2v) is 3.59. The lowest BCUT2D eigenvalue weighted by Gasteiger charge is -2.09. The number of carbonyl (C=O) groups excluding carboxylic acids is 1. The number of alkyl halides is 3. The van der Waals surface area contributed by atoms with Crippen molar-refractivity contribution in [2.45, 2.75) is 6.18 Å². The maximum Gasteiger partial charge on any atom is 0.411 e. The zero-order chi connectivity index (χ0) is 14.5. The summed E-state index contributed by atoms with van der Waals surface area (Å²) >= 11 is 0. The molecule has 8 heteroatoms. The fourth-order valence-corrected chi connectivity index (χ4v) is 1.22. The van der Waals surface area contributed by atoms with E-state index in [0.29, 0.717) is 0 Å². The fraction of sp³-hybridized carbons (Fsp3) is 0.364. The quantitative estimate of drug-likeness (QED) is 0.639. The largest absolute Gasteiger partial charge is 0.507 e. The molecule has 0 atom stereocenters. The number of amides is 1. The normalized spacial score (nSPS) is 11.4. The van der Waals surface area contributed by atoms with E-state index in [1.165, 1.54) is 0 Å². The Labute approximate surface area is 106 Å². The molecule has 2 N–H and O–H groups in total. The van der Waals surface area contributed by atoms with Gasteiger partial charge in [0.25, 0.3) is 5.91 Å². The molecule has 0 bridgehead atoms. The first kappa shape index (κ1) is 15.2. The smallest absolute Gasteiger partial charge is 0.411 e. The van der Waals surface area contributed by atoms with Gasteiger partial charge in [-0.3, -0.25) is 4.79 Å². The number of benzene rings is 1. The monoisotopic (exact) mass is 281 g/mol. The van der Waals surface area contributed by atoms with Crippen LogP contribution >= 0.6 is 0 Å². The standard InChI is InChI=1S/C11H11F4NO3/c12-7-1-2-8(9(17)5-7)10(18)16-3-4-19-6-11(13,14)15/h1-2,5,17H,3-4,6H2,(H,16,18). The topological polar surface area (TPSA) is 58.6 Å². The molecule has 106 valence electrons. The van der Waals surface area contributed by atoms with Crippen LogP contribution in [0.1, 0.15) is 10.4 Å². The molecule has 19 heavy (non-hydrogen) atoms. The van der Waals surface area contributed by atoms with Gasteiger partial charge in [-0.25, -0.2) is 4.39 Å². The summed E-state index contributed by atoms with van der Waals surface area (Å²) in [7, 11) is 0. The Balaban J connectivity index is 2.36. The van der Waals surface area contributed by atoms with Gasteiger partial charge in [0.15, 0.2) is 0 Å². The number of hydrogen-bond acceptors (Lipinski definition) is 3. The molecule has 0 aromatic heterocycles. The van der Waals surface area contributed by atoms with Crippen LogP contribution in [0.3, 0.4) is 0 Å². The molecule has 0 heterocycles. The van der Waals surface area contributed by atoms with Crippen LogP contribution in [-0.4, -0.2) is 36.9 Å². The van der Waals surface area contributed by atoms with E-state index in [2.05, 4.69) is 10.1 Å². The number of phenolic OH excluding ortho intramolecular Hbond substituents is 1. The van der Waals surface area contributed by atoms with E-state index in [1.807, 2.05) is 0 Å². The summed E-state index contributed by atoms with van der Waals surface area (Å²) in [6.45, 7) is -1.89. The summed E-state index contributed by atoms with van der Waals surface area (Å²) in [6, 6.07) is 2.81. The van der Waals surface area contributed by atoms with Gasteiger partial charge < -0.3 is 15.2 Å². The van der Waals surface area contributed by atoms with Gasteiger partial charge in [-0.2, -0.15) is 13.2 Å². The van der Waals surface area contributed by atoms with Crippen LogP contribution in [0.15, 0.2) is 18.2 Å². The van der Waals surface area contributed by atoms with E-state index >= 15 is 0 Å². The maximum atomic E-state index is 12.7. The average Bonchev–Trinajstić information content (AvgIpc) is 2.26. The lowest BCUT2D eigenvalue weighted by atomic mass is 10.2. The molecular formula is C11H11F4NO3. The van der Waals surface area contributed by atoms with E-state index < -0.39 is 30.3 Å². The van der Waals surface area contributed by atoms with Gasteiger partial charge in [-0.1, -0.05) is 0 Å². The lowest BCUT2D eigenvalue weighted by molar-refractivity contribution is -0.173. The second kappa shape index (κ2) is 6.37. The molecule has 0 aliphatic heterocycles. The molecule has 4 nitrogen and oxygen atoms in total. The van der Waals surface area contributed by atoms with Gasteiger partial charge in [0.2, 0.25) is 0 Å². The minimum Gasteiger partial charge on any atom is -0.507 e. The third-order valence-electron chi connectivity index (χ3n) is 2.00. The Bertz CT molecular complexity index is 448. The van der Waals surface area contributed by atoms with E-state index in [1.54, 1.807) is 0 Å². The zero-order valence-electron chi connectivity index (χ0n) is 9.63. The van der Waals surface area contributed by atoms with Crippen LogP contribution in [0.2, 0.25) is 0 Å². The Kier molecular flexibility index (Phi) is 5.11. The molecule has 0 radical (unpaired) electrons. The molecule has 0 unspecified atom stereocenters. The van der Waals surface area contributed by atoms with E-state index in [-0.39, 0.29) is 18.7 Å². The number of halogens is 4. The predicted octanol–water partition coefficient (Wildman–Crippen LogP) is 1.84. The van der Waals surface area contributed by atoms with Crippen LogP contribution in [-0.2, 0) is 4.74 Å². The Morgan fingerprint density at radius 3 is 2.63 bits per heavy atom. The van der Waals surface area contributed by atoms with E-state index in [0.717, 1.165) is 18.2 Å². The molecule has 0 spiro atoms. The Hall–Kier alpha value is -1.83. The van der Waals surface area contributed by atoms with Crippen molar-refractivity contribution >= 4 is 5.91 Å². The summed E-state index contributed by atoms with van der Waals surface area (Å²) in [5.74, 6) is -1.98. The van der Waals surface area contributed by atoms with Crippen molar-refractivity contribution in [3.8, 4) is 5.75 Å². The van der Waals surface area contributed by atoms with Crippen molar-refractivity contribution in [1.29, 1.82) is 0 Å².